The van der Waals surface area contributed by atoms with E-state index in [2.05, 4.69) is 59.7 Å². The van der Waals surface area contributed by atoms with E-state index in [9.17, 15) is 0 Å². The van der Waals surface area contributed by atoms with Gasteiger partial charge in [-0.3, -0.25) is 4.98 Å². The van der Waals surface area contributed by atoms with E-state index in [0.717, 1.165) is 11.4 Å². The fraction of sp³-hybridized carbons (Fsp3) is 0.227. The number of nitrogens with zero attached hydrogens (tertiary/aromatic N) is 1. The van der Waals surface area contributed by atoms with Gasteiger partial charge < -0.3 is 15.2 Å². The zero-order valence-electron chi connectivity index (χ0n) is 15.0. The van der Waals surface area contributed by atoms with Crippen molar-refractivity contribution in [3.63, 3.8) is 0 Å². The van der Waals surface area contributed by atoms with E-state index < -0.39 is 0 Å². The molecule has 4 nitrogen and oxygen atoms in total. The highest BCUT2D eigenvalue weighted by molar-refractivity contribution is 5.68. The lowest BCUT2D eigenvalue weighted by Crippen LogP contribution is -2.18. The van der Waals surface area contributed by atoms with Crippen molar-refractivity contribution < 1.29 is 9.84 Å². The van der Waals surface area contributed by atoms with E-state index in [-0.39, 0.29) is 6.61 Å². The van der Waals surface area contributed by atoms with E-state index in [1.165, 1.54) is 22.3 Å². The Bertz CT molecular complexity index is 817. The molecule has 4 heteroatoms. The molecule has 134 valence electrons. The summed E-state index contributed by atoms with van der Waals surface area (Å²) in [5.74, 6) is 0.750. The molecule has 0 aliphatic rings. The van der Waals surface area contributed by atoms with Crippen LogP contribution in [-0.2, 0) is 13.2 Å². The molecule has 2 aromatic carbocycles. The van der Waals surface area contributed by atoms with Crippen molar-refractivity contribution in [3.8, 4) is 16.9 Å². The number of aromatic nitrogens is 1. The van der Waals surface area contributed by atoms with Crippen LogP contribution in [0.15, 0.2) is 66.9 Å². The van der Waals surface area contributed by atoms with Crippen molar-refractivity contribution in [2.24, 2.45) is 0 Å². The number of pyridine rings is 1. The summed E-state index contributed by atoms with van der Waals surface area (Å²) in [6.07, 6.45) is 1.74. The first-order valence-electron chi connectivity index (χ1n) is 8.81. The highest BCUT2D eigenvalue weighted by Crippen LogP contribution is 2.26. The Kier molecular flexibility index (Phi) is 6.36. The molecule has 0 saturated heterocycles. The molecule has 0 aliphatic carbocycles. The molecular formula is C22H24N2O2. The molecule has 2 N–H and O–H groups in total. The van der Waals surface area contributed by atoms with Crippen LogP contribution in [-0.4, -0.2) is 23.2 Å². The molecule has 1 aromatic heterocycles. The summed E-state index contributed by atoms with van der Waals surface area (Å²) in [5, 5.41) is 11.9. The molecule has 0 unspecified atom stereocenters. The maximum Gasteiger partial charge on any atom is 0.138 e. The van der Waals surface area contributed by atoms with Gasteiger partial charge in [0.2, 0.25) is 0 Å². The van der Waals surface area contributed by atoms with E-state index in [1.54, 1.807) is 6.20 Å². The topological polar surface area (TPSA) is 54.4 Å². The van der Waals surface area contributed by atoms with Crippen molar-refractivity contribution in [2.45, 2.75) is 20.1 Å². The minimum absolute atomic E-state index is 0.128. The Hall–Kier alpha value is -2.69. The molecule has 0 amide bonds. The quantitative estimate of drug-likeness (QED) is 0.609. The summed E-state index contributed by atoms with van der Waals surface area (Å²) in [6.45, 7) is 3.98. The molecule has 3 rings (SSSR count). The second-order valence-electron chi connectivity index (χ2n) is 6.13. The van der Waals surface area contributed by atoms with Gasteiger partial charge in [0.05, 0.1) is 18.5 Å². The predicted molar refractivity (Wildman–Crippen MR) is 104 cm³/mol. The first kappa shape index (κ1) is 18.1. The number of rotatable bonds is 8. The summed E-state index contributed by atoms with van der Waals surface area (Å²) in [5.41, 5.74) is 5.77. The van der Waals surface area contributed by atoms with Gasteiger partial charge in [0.15, 0.2) is 0 Å². The van der Waals surface area contributed by atoms with Crippen LogP contribution >= 0.6 is 0 Å². The summed E-state index contributed by atoms with van der Waals surface area (Å²) >= 11 is 0. The SMILES string of the molecule is Cc1c(COc2ccc(CNCCO)nc2)cccc1-c1ccccc1. The normalized spacial score (nSPS) is 10.7. The maximum absolute atomic E-state index is 8.78. The fourth-order valence-electron chi connectivity index (χ4n) is 2.83. The number of aliphatic hydroxyl groups is 1. The van der Waals surface area contributed by atoms with Gasteiger partial charge in [-0.05, 0) is 41.3 Å². The van der Waals surface area contributed by atoms with Gasteiger partial charge in [0.1, 0.15) is 12.4 Å². The molecule has 0 aliphatic heterocycles. The summed E-state index contributed by atoms with van der Waals surface area (Å²) in [7, 11) is 0. The molecule has 0 saturated carbocycles. The zero-order valence-corrected chi connectivity index (χ0v) is 15.0. The Morgan fingerprint density at radius 3 is 2.58 bits per heavy atom. The molecule has 0 spiro atoms. The van der Waals surface area contributed by atoms with E-state index in [0.29, 0.717) is 19.7 Å². The van der Waals surface area contributed by atoms with Crippen LogP contribution < -0.4 is 10.1 Å². The minimum Gasteiger partial charge on any atom is -0.487 e. The van der Waals surface area contributed by atoms with Gasteiger partial charge in [-0.25, -0.2) is 0 Å². The Morgan fingerprint density at radius 1 is 1.00 bits per heavy atom. The van der Waals surface area contributed by atoms with Crippen molar-refractivity contribution in [1.29, 1.82) is 0 Å². The number of ether oxygens (including phenoxy) is 1. The largest absolute Gasteiger partial charge is 0.487 e. The second kappa shape index (κ2) is 9.13. The third-order valence-electron chi connectivity index (χ3n) is 4.32. The second-order valence-corrected chi connectivity index (χ2v) is 6.13. The van der Waals surface area contributed by atoms with Crippen LogP contribution in [0.25, 0.3) is 11.1 Å². The van der Waals surface area contributed by atoms with Gasteiger partial charge in [-0.2, -0.15) is 0 Å². The van der Waals surface area contributed by atoms with E-state index >= 15 is 0 Å². The average Bonchev–Trinajstić information content (AvgIpc) is 2.69. The third-order valence-corrected chi connectivity index (χ3v) is 4.32. The first-order valence-corrected chi connectivity index (χ1v) is 8.81. The van der Waals surface area contributed by atoms with Crippen LogP contribution in [0.2, 0.25) is 0 Å². The Morgan fingerprint density at radius 2 is 1.85 bits per heavy atom. The van der Waals surface area contributed by atoms with Crippen LogP contribution in [0.1, 0.15) is 16.8 Å². The lowest BCUT2D eigenvalue weighted by molar-refractivity contribution is 0.291. The van der Waals surface area contributed by atoms with Gasteiger partial charge in [-0.15, -0.1) is 0 Å². The zero-order chi connectivity index (χ0) is 18.2. The third kappa shape index (κ3) is 4.69. The number of aliphatic hydroxyl groups excluding tert-OH is 1. The summed E-state index contributed by atoms with van der Waals surface area (Å²) in [6, 6.07) is 20.6. The highest BCUT2D eigenvalue weighted by atomic mass is 16.5. The van der Waals surface area contributed by atoms with Crippen molar-refractivity contribution in [3.05, 3.63) is 83.7 Å². The average molecular weight is 348 g/mol. The monoisotopic (exact) mass is 348 g/mol. The molecule has 3 aromatic rings. The van der Waals surface area contributed by atoms with Crippen LogP contribution in [0.3, 0.4) is 0 Å². The number of nitrogens with one attached hydrogen (secondary N) is 1. The molecule has 26 heavy (non-hydrogen) atoms. The minimum atomic E-state index is 0.128. The molecule has 0 atom stereocenters. The Balaban J connectivity index is 1.65. The molecular weight excluding hydrogens is 324 g/mol. The van der Waals surface area contributed by atoms with Crippen LogP contribution in [0.5, 0.6) is 5.75 Å². The molecule has 0 fully saturated rings. The number of benzene rings is 2. The number of hydrogen-bond acceptors (Lipinski definition) is 4. The van der Waals surface area contributed by atoms with Crippen molar-refractivity contribution >= 4 is 0 Å². The van der Waals surface area contributed by atoms with Crippen molar-refractivity contribution in [2.75, 3.05) is 13.2 Å². The fourth-order valence-corrected chi connectivity index (χ4v) is 2.83. The first-order chi connectivity index (χ1) is 12.8. The highest BCUT2D eigenvalue weighted by Gasteiger charge is 2.07. The van der Waals surface area contributed by atoms with Crippen LogP contribution in [0.4, 0.5) is 0 Å². The van der Waals surface area contributed by atoms with Gasteiger partial charge >= 0.3 is 0 Å². The molecule has 1 heterocycles. The van der Waals surface area contributed by atoms with E-state index in [1.807, 2.05) is 18.2 Å². The van der Waals surface area contributed by atoms with Crippen LogP contribution in [0, 0.1) is 6.92 Å². The lowest BCUT2D eigenvalue weighted by Gasteiger charge is -2.13. The summed E-state index contributed by atoms with van der Waals surface area (Å²) < 4.78 is 5.92. The standard InChI is InChI=1S/C22H24N2O2/c1-17-19(8-5-9-22(17)18-6-3-2-4-7-18)16-26-21-11-10-20(24-15-21)14-23-12-13-25/h2-11,15,23,25H,12-14,16H2,1H3. The number of hydrogen-bond donors (Lipinski definition) is 2. The van der Waals surface area contributed by atoms with Crippen molar-refractivity contribution in [1.82, 2.24) is 10.3 Å². The Labute approximate surface area is 154 Å². The maximum atomic E-state index is 8.78. The molecule has 0 bridgehead atoms. The molecule has 0 radical (unpaired) electrons. The van der Waals surface area contributed by atoms with Gasteiger partial charge in [-0.1, -0.05) is 48.5 Å². The summed E-state index contributed by atoms with van der Waals surface area (Å²) in [4.78, 5) is 4.38. The van der Waals surface area contributed by atoms with Gasteiger partial charge in [0, 0.05) is 13.1 Å². The lowest BCUT2D eigenvalue weighted by atomic mass is 9.97. The van der Waals surface area contributed by atoms with Gasteiger partial charge in [0.25, 0.3) is 0 Å². The smallest absolute Gasteiger partial charge is 0.138 e. The van der Waals surface area contributed by atoms with E-state index in [4.69, 9.17) is 9.84 Å². The predicted octanol–water partition coefficient (Wildman–Crippen LogP) is 3.72.